The van der Waals surface area contributed by atoms with Crippen LogP contribution in [0.25, 0.3) is 0 Å². The summed E-state index contributed by atoms with van der Waals surface area (Å²) in [6.07, 6.45) is 4.78. The van der Waals surface area contributed by atoms with Gasteiger partial charge in [-0.1, -0.05) is 25.9 Å². The second-order valence-corrected chi connectivity index (χ2v) is 7.17. The fourth-order valence-corrected chi connectivity index (χ4v) is 3.52. The Morgan fingerprint density at radius 2 is 2.05 bits per heavy atom. The normalized spacial score (nSPS) is 22.9. The van der Waals surface area contributed by atoms with Crippen LogP contribution in [0.3, 0.4) is 0 Å². The molecule has 2 unspecified atom stereocenters. The molecule has 0 saturated carbocycles. The standard InChI is InChI=1S/C18H30N2O2/c1-12(2)17-8-6-13(3)10-11-20(17)18(21)9-7-16-14(4)19-22-15(16)5/h12-13,17H,6-11H2,1-5H3. The second-order valence-electron chi connectivity index (χ2n) is 7.17. The van der Waals surface area contributed by atoms with Crippen molar-refractivity contribution in [1.82, 2.24) is 10.1 Å². The van der Waals surface area contributed by atoms with Crippen LogP contribution in [-0.2, 0) is 11.2 Å². The highest BCUT2D eigenvalue weighted by atomic mass is 16.5. The number of nitrogens with zero attached hydrogens (tertiary/aromatic N) is 2. The van der Waals surface area contributed by atoms with Gasteiger partial charge in [0, 0.05) is 24.6 Å². The number of likely N-dealkylation sites (tertiary alicyclic amines) is 1. The number of carbonyl (C=O) groups is 1. The van der Waals surface area contributed by atoms with E-state index in [-0.39, 0.29) is 5.91 Å². The smallest absolute Gasteiger partial charge is 0.223 e. The van der Waals surface area contributed by atoms with Crippen LogP contribution < -0.4 is 0 Å². The Kier molecular flexibility index (Phi) is 5.65. The molecule has 0 aromatic carbocycles. The molecule has 4 heteroatoms. The SMILES string of the molecule is Cc1noc(C)c1CCC(=O)N1CCC(C)CCC1C(C)C. The maximum Gasteiger partial charge on any atom is 0.223 e. The Morgan fingerprint density at radius 1 is 1.32 bits per heavy atom. The lowest BCUT2D eigenvalue weighted by molar-refractivity contribution is -0.134. The molecular weight excluding hydrogens is 276 g/mol. The molecule has 0 radical (unpaired) electrons. The molecule has 0 bridgehead atoms. The molecule has 124 valence electrons. The first kappa shape index (κ1) is 17.0. The Balaban J connectivity index is 2.02. The third-order valence-corrected chi connectivity index (χ3v) is 5.08. The van der Waals surface area contributed by atoms with E-state index in [4.69, 9.17) is 4.52 Å². The summed E-state index contributed by atoms with van der Waals surface area (Å²) in [6, 6.07) is 0.391. The number of rotatable bonds is 4. The van der Waals surface area contributed by atoms with Crippen LogP contribution in [-0.4, -0.2) is 28.6 Å². The van der Waals surface area contributed by atoms with E-state index >= 15 is 0 Å². The van der Waals surface area contributed by atoms with Crippen molar-refractivity contribution in [2.75, 3.05) is 6.54 Å². The summed E-state index contributed by atoms with van der Waals surface area (Å²) >= 11 is 0. The quantitative estimate of drug-likeness (QED) is 0.847. The molecule has 1 fully saturated rings. The van der Waals surface area contributed by atoms with E-state index in [1.807, 2.05) is 13.8 Å². The molecule has 4 nitrogen and oxygen atoms in total. The number of hydrogen-bond donors (Lipinski definition) is 0. The highest BCUT2D eigenvalue weighted by Gasteiger charge is 2.29. The molecule has 2 atom stereocenters. The largest absolute Gasteiger partial charge is 0.361 e. The first-order chi connectivity index (χ1) is 10.4. The van der Waals surface area contributed by atoms with E-state index in [0.29, 0.717) is 18.4 Å². The van der Waals surface area contributed by atoms with E-state index in [0.717, 1.165) is 48.7 Å². The monoisotopic (exact) mass is 306 g/mol. The fraction of sp³-hybridized carbons (Fsp3) is 0.778. The summed E-state index contributed by atoms with van der Waals surface area (Å²) in [5.74, 6) is 2.37. The summed E-state index contributed by atoms with van der Waals surface area (Å²) in [5.41, 5.74) is 2.01. The molecular formula is C18H30N2O2. The maximum absolute atomic E-state index is 12.8. The maximum atomic E-state index is 12.8. The summed E-state index contributed by atoms with van der Waals surface area (Å²) in [7, 11) is 0. The van der Waals surface area contributed by atoms with Crippen LogP contribution in [0.4, 0.5) is 0 Å². The lowest BCUT2D eigenvalue weighted by Crippen LogP contribution is -2.43. The highest BCUT2D eigenvalue weighted by Crippen LogP contribution is 2.27. The Morgan fingerprint density at radius 3 is 2.64 bits per heavy atom. The molecule has 1 aromatic rings. The van der Waals surface area contributed by atoms with E-state index < -0.39 is 0 Å². The Bertz CT molecular complexity index is 488. The molecule has 1 aliphatic heterocycles. The summed E-state index contributed by atoms with van der Waals surface area (Å²) in [4.78, 5) is 14.9. The molecule has 2 heterocycles. The minimum Gasteiger partial charge on any atom is -0.361 e. The van der Waals surface area contributed by atoms with Crippen molar-refractivity contribution in [1.29, 1.82) is 0 Å². The summed E-state index contributed by atoms with van der Waals surface area (Å²) < 4.78 is 5.19. The lowest BCUT2D eigenvalue weighted by Gasteiger charge is -2.33. The average molecular weight is 306 g/mol. The van der Waals surface area contributed by atoms with Crippen LogP contribution in [0.2, 0.25) is 0 Å². The highest BCUT2D eigenvalue weighted by molar-refractivity contribution is 5.77. The third-order valence-electron chi connectivity index (χ3n) is 5.08. The van der Waals surface area contributed by atoms with Gasteiger partial charge in [-0.05, 0) is 51.4 Å². The van der Waals surface area contributed by atoms with Crippen LogP contribution in [0.1, 0.15) is 63.5 Å². The van der Waals surface area contributed by atoms with Gasteiger partial charge in [0.15, 0.2) is 0 Å². The fourth-order valence-electron chi connectivity index (χ4n) is 3.52. The summed E-state index contributed by atoms with van der Waals surface area (Å²) in [5, 5.41) is 3.97. The van der Waals surface area contributed by atoms with Crippen LogP contribution in [0.5, 0.6) is 0 Å². The van der Waals surface area contributed by atoms with E-state index in [1.165, 1.54) is 6.42 Å². The molecule has 1 saturated heterocycles. The topological polar surface area (TPSA) is 46.3 Å². The first-order valence-corrected chi connectivity index (χ1v) is 8.61. The average Bonchev–Trinajstić information content (AvgIpc) is 2.67. The Hall–Kier alpha value is -1.32. The van der Waals surface area contributed by atoms with Crippen molar-refractivity contribution < 1.29 is 9.32 Å². The van der Waals surface area contributed by atoms with Gasteiger partial charge in [0.1, 0.15) is 5.76 Å². The molecule has 0 N–H and O–H groups in total. The van der Waals surface area contributed by atoms with Crippen molar-refractivity contribution in [3.8, 4) is 0 Å². The van der Waals surface area contributed by atoms with Gasteiger partial charge in [-0.15, -0.1) is 0 Å². The minimum absolute atomic E-state index is 0.285. The van der Waals surface area contributed by atoms with E-state index in [2.05, 4.69) is 30.8 Å². The molecule has 1 amide bonds. The number of amides is 1. The zero-order chi connectivity index (χ0) is 16.3. The van der Waals surface area contributed by atoms with Gasteiger partial charge in [0.25, 0.3) is 0 Å². The van der Waals surface area contributed by atoms with Crippen molar-refractivity contribution in [2.45, 2.75) is 72.8 Å². The van der Waals surface area contributed by atoms with E-state index in [9.17, 15) is 4.79 Å². The van der Waals surface area contributed by atoms with Gasteiger partial charge < -0.3 is 9.42 Å². The molecule has 0 aliphatic carbocycles. The predicted octanol–water partition coefficient (Wildman–Crippen LogP) is 3.90. The molecule has 2 rings (SSSR count). The van der Waals surface area contributed by atoms with Crippen LogP contribution in [0, 0.1) is 25.7 Å². The van der Waals surface area contributed by atoms with Gasteiger partial charge in [0.05, 0.1) is 5.69 Å². The Labute approximate surface area is 134 Å². The first-order valence-electron chi connectivity index (χ1n) is 8.61. The lowest BCUT2D eigenvalue weighted by atomic mass is 9.95. The number of hydrogen-bond acceptors (Lipinski definition) is 3. The van der Waals surface area contributed by atoms with Crippen molar-refractivity contribution >= 4 is 5.91 Å². The van der Waals surface area contributed by atoms with Gasteiger partial charge >= 0.3 is 0 Å². The van der Waals surface area contributed by atoms with Gasteiger partial charge in [-0.3, -0.25) is 4.79 Å². The van der Waals surface area contributed by atoms with Crippen molar-refractivity contribution in [2.24, 2.45) is 11.8 Å². The van der Waals surface area contributed by atoms with Crippen LogP contribution >= 0.6 is 0 Å². The molecule has 22 heavy (non-hydrogen) atoms. The zero-order valence-corrected chi connectivity index (χ0v) is 14.7. The summed E-state index contributed by atoms with van der Waals surface area (Å²) in [6.45, 7) is 11.5. The molecule has 1 aliphatic rings. The number of carbonyl (C=O) groups excluding carboxylic acids is 1. The third kappa shape index (κ3) is 3.90. The predicted molar refractivity (Wildman–Crippen MR) is 87.7 cm³/mol. The van der Waals surface area contributed by atoms with E-state index in [1.54, 1.807) is 0 Å². The second kappa shape index (κ2) is 7.30. The van der Waals surface area contributed by atoms with Crippen molar-refractivity contribution in [3.05, 3.63) is 17.0 Å². The van der Waals surface area contributed by atoms with Crippen molar-refractivity contribution in [3.63, 3.8) is 0 Å². The van der Waals surface area contributed by atoms with Gasteiger partial charge in [-0.25, -0.2) is 0 Å². The van der Waals surface area contributed by atoms with Gasteiger partial charge in [0.2, 0.25) is 5.91 Å². The minimum atomic E-state index is 0.285. The van der Waals surface area contributed by atoms with Crippen LogP contribution in [0.15, 0.2) is 4.52 Å². The zero-order valence-electron chi connectivity index (χ0n) is 14.7. The molecule has 0 spiro atoms. The number of aromatic nitrogens is 1. The molecule has 1 aromatic heterocycles. The van der Waals surface area contributed by atoms with Gasteiger partial charge in [-0.2, -0.15) is 0 Å². The number of aryl methyl sites for hydroxylation is 2.